The molecule has 1 fully saturated rings. The zero-order valence-electron chi connectivity index (χ0n) is 17.6. The van der Waals surface area contributed by atoms with Crippen LogP contribution < -0.4 is 5.32 Å². The summed E-state index contributed by atoms with van der Waals surface area (Å²) in [4.78, 5) is 25.6. The van der Waals surface area contributed by atoms with E-state index in [4.69, 9.17) is 18.9 Å². The second kappa shape index (κ2) is 16.8. The van der Waals surface area contributed by atoms with Crippen molar-refractivity contribution in [3.8, 4) is 0 Å². The standard InChI is InChI=1S/C19H36N2O7S/c1-3-14-29-16-15-18(23)21(19(16)24)6-4-17(22)20-5-7-26-10-11-28-13-12-27-9-8-25-2/h16,18,23H,3-15H2,1-2H3,(H,20,22). The Hall–Kier alpha value is -0.910. The SMILES string of the molecule is CCCSC1CC(O)N(CCC(=O)NCCOCCOCCOCCOC)C1=O. The van der Waals surface area contributed by atoms with Gasteiger partial charge in [-0.05, 0) is 12.2 Å². The molecule has 0 aromatic carbocycles. The van der Waals surface area contributed by atoms with Gasteiger partial charge in [0.15, 0.2) is 0 Å². The van der Waals surface area contributed by atoms with Gasteiger partial charge in [0, 0.05) is 33.0 Å². The number of thioether (sulfide) groups is 1. The number of carbonyl (C=O) groups is 2. The van der Waals surface area contributed by atoms with Gasteiger partial charge in [0.05, 0.1) is 51.5 Å². The first-order valence-electron chi connectivity index (χ1n) is 10.2. The number of aliphatic hydroxyl groups is 1. The first kappa shape index (κ1) is 26.1. The number of rotatable bonds is 18. The number of aliphatic hydroxyl groups excluding tert-OH is 1. The number of methoxy groups -OCH3 is 1. The van der Waals surface area contributed by atoms with Crippen molar-refractivity contribution in [2.75, 3.05) is 72.2 Å². The first-order chi connectivity index (χ1) is 14.1. The highest BCUT2D eigenvalue weighted by Crippen LogP contribution is 2.28. The van der Waals surface area contributed by atoms with Crippen LogP contribution in [0.1, 0.15) is 26.2 Å². The second-order valence-electron chi connectivity index (χ2n) is 6.54. The summed E-state index contributed by atoms with van der Waals surface area (Å²) in [5.74, 6) is 0.656. The Labute approximate surface area is 177 Å². The lowest BCUT2D eigenvalue weighted by atomic mass is 10.3. The predicted octanol–water partition coefficient (Wildman–Crippen LogP) is 0.251. The van der Waals surface area contributed by atoms with Crippen LogP contribution in [0.5, 0.6) is 0 Å². The lowest BCUT2D eigenvalue weighted by molar-refractivity contribution is -0.133. The molecule has 1 rings (SSSR count). The molecule has 2 unspecified atom stereocenters. The number of amides is 2. The van der Waals surface area contributed by atoms with Gasteiger partial charge in [-0.3, -0.25) is 9.59 Å². The summed E-state index contributed by atoms with van der Waals surface area (Å²) < 4.78 is 20.9. The first-order valence-corrected chi connectivity index (χ1v) is 11.2. The largest absolute Gasteiger partial charge is 0.382 e. The Morgan fingerprint density at radius 2 is 1.76 bits per heavy atom. The lowest BCUT2D eigenvalue weighted by Gasteiger charge is -2.20. The van der Waals surface area contributed by atoms with Crippen molar-refractivity contribution in [1.82, 2.24) is 10.2 Å². The number of nitrogens with one attached hydrogen (secondary N) is 1. The zero-order valence-corrected chi connectivity index (χ0v) is 18.4. The molecule has 0 aromatic heterocycles. The van der Waals surface area contributed by atoms with Gasteiger partial charge in [-0.25, -0.2) is 0 Å². The van der Waals surface area contributed by atoms with Crippen LogP contribution in [0.4, 0.5) is 0 Å². The predicted molar refractivity (Wildman–Crippen MR) is 111 cm³/mol. The van der Waals surface area contributed by atoms with Crippen molar-refractivity contribution in [2.45, 2.75) is 37.7 Å². The summed E-state index contributed by atoms with van der Waals surface area (Å²) in [6.45, 7) is 6.13. The molecule has 29 heavy (non-hydrogen) atoms. The highest BCUT2D eigenvalue weighted by molar-refractivity contribution is 8.00. The van der Waals surface area contributed by atoms with E-state index in [1.165, 1.54) is 4.90 Å². The van der Waals surface area contributed by atoms with E-state index in [1.54, 1.807) is 18.9 Å². The van der Waals surface area contributed by atoms with Crippen molar-refractivity contribution in [3.63, 3.8) is 0 Å². The molecule has 2 N–H and O–H groups in total. The van der Waals surface area contributed by atoms with Crippen LogP contribution in [0.15, 0.2) is 0 Å². The smallest absolute Gasteiger partial charge is 0.237 e. The van der Waals surface area contributed by atoms with E-state index in [0.717, 1.165) is 12.2 Å². The van der Waals surface area contributed by atoms with Crippen LogP contribution in [0.2, 0.25) is 0 Å². The summed E-state index contributed by atoms with van der Waals surface area (Å²) in [5.41, 5.74) is 0. The summed E-state index contributed by atoms with van der Waals surface area (Å²) >= 11 is 1.57. The molecule has 170 valence electrons. The van der Waals surface area contributed by atoms with Crippen LogP contribution in [0.3, 0.4) is 0 Å². The Kier molecular flexibility index (Phi) is 15.2. The highest BCUT2D eigenvalue weighted by Gasteiger charge is 2.38. The van der Waals surface area contributed by atoms with Crippen LogP contribution in [-0.2, 0) is 28.5 Å². The van der Waals surface area contributed by atoms with Gasteiger partial charge in [0.25, 0.3) is 0 Å². The molecule has 0 spiro atoms. The Balaban J connectivity index is 1.97. The number of ether oxygens (including phenoxy) is 4. The molecule has 1 aliphatic rings. The van der Waals surface area contributed by atoms with Gasteiger partial charge in [0.1, 0.15) is 6.23 Å². The van der Waals surface area contributed by atoms with Crippen LogP contribution in [-0.4, -0.2) is 105 Å². The van der Waals surface area contributed by atoms with Crippen molar-refractivity contribution in [1.29, 1.82) is 0 Å². The normalized spacial score (nSPS) is 19.1. The number of nitrogens with zero attached hydrogens (tertiary/aromatic N) is 1. The fourth-order valence-electron chi connectivity index (χ4n) is 2.67. The molecule has 0 aromatic rings. The molecule has 1 heterocycles. The van der Waals surface area contributed by atoms with E-state index < -0.39 is 6.23 Å². The van der Waals surface area contributed by atoms with E-state index >= 15 is 0 Å². The zero-order chi connectivity index (χ0) is 21.3. The van der Waals surface area contributed by atoms with Crippen molar-refractivity contribution < 1.29 is 33.6 Å². The molecule has 9 nitrogen and oxygen atoms in total. The molecule has 10 heteroatoms. The summed E-state index contributed by atoms with van der Waals surface area (Å²) in [7, 11) is 1.63. The average Bonchev–Trinajstić information content (AvgIpc) is 2.98. The number of likely N-dealkylation sites (tertiary alicyclic amines) is 1. The molecule has 2 atom stereocenters. The van der Waals surface area contributed by atoms with Crippen molar-refractivity contribution >= 4 is 23.6 Å². The van der Waals surface area contributed by atoms with Gasteiger partial charge in [-0.15, -0.1) is 11.8 Å². The highest BCUT2D eigenvalue weighted by atomic mass is 32.2. The lowest BCUT2D eigenvalue weighted by Crippen LogP contribution is -2.38. The summed E-state index contributed by atoms with van der Waals surface area (Å²) in [6.07, 6.45) is 0.795. The maximum absolute atomic E-state index is 12.3. The minimum absolute atomic E-state index is 0.0730. The number of hydrogen-bond acceptors (Lipinski definition) is 8. The van der Waals surface area contributed by atoms with Gasteiger partial charge in [0.2, 0.25) is 11.8 Å². The summed E-state index contributed by atoms with van der Waals surface area (Å²) in [6, 6.07) is 0. The van der Waals surface area contributed by atoms with Crippen molar-refractivity contribution in [2.24, 2.45) is 0 Å². The van der Waals surface area contributed by atoms with Gasteiger partial charge < -0.3 is 34.3 Å². The molecule has 2 amide bonds. The molecule has 0 saturated carbocycles. The average molecular weight is 437 g/mol. The van der Waals surface area contributed by atoms with E-state index in [2.05, 4.69) is 12.2 Å². The maximum Gasteiger partial charge on any atom is 0.237 e. The van der Waals surface area contributed by atoms with E-state index in [9.17, 15) is 14.7 Å². The Morgan fingerprint density at radius 1 is 1.14 bits per heavy atom. The monoisotopic (exact) mass is 436 g/mol. The number of carbonyl (C=O) groups excluding carboxylic acids is 2. The third kappa shape index (κ3) is 11.8. The van der Waals surface area contributed by atoms with E-state index in [0.29, 0.717) is 59.2 Å². The van der Waals surface area contributed by atoms with Gasteiger partial charge in [-0.2, -0.15) is 0 Å². The fraction of sp³-hybridized carbons (Fsp3) is 0.895. The van der Waals surface area contributed by atoms with Crippen LogP contribution >= 0.6 is 11.8 Å². The molecule has 0 radical (unpaired) electrons. The number of hydrogen-bond donors (Lipinski definition) is 2. The third-order valence-electron chi connectivity index (χ3n) is 4.19. The second-order valence-corrected chi connectivity index (χ2v) is 7.85. The molecular formula is C19H36N2O7S. The molecular weight excluding hydrogens is 400 g/mol. The summed E-state index contributed by atoms with van der Waals surface area (Å²) in [5, 5.41) is 12.6. The van der Waals surface area contributed by atoms with Gasteiger partial charge in [-0.1, -0.05) is 6.92 Å². The third-order valence-corrected chi connectivity index (χ3v) is 5.63. The van der Waals surface area contributed by atoms with Crippen LogP contribution in [0.25, 0.3) is 0 Å². The van der Waals surface area contributed by atoms with E-state index in [-0.39, 0.29) is 30.0 Å². The minimum atomic E-state index is -0.793. The Morgan fingerprint density at radius 3 is 2.38 bits per heavy atom. The molecule has 0 aliphatic carbocycles. The van der Waals surface area contributed by atoms with Crippen molar-refractivity contribution in [3.05, 3.63) is 0 Å². The topological polar surface area (TPSA) is 107 Å². The van der Waals surface area contributed by atoms with Crippen LogP contribution in [0, 0.1) is 0 Å². The maximum atomic E-state index is 12.3. The molecule has 0 bridgehead atoms. The Bertz CT molecular complexity index is 456. The molecule has 1 saturated heterocycles. The van der Waals surface area contributed by atoms with Gasteiger partial charge >= 0.3 is 0 Å². The molecule has 1 aliphatic heterocycles. The minimum Gasteiger partial charge on any atom is -0.382 e. The van der Waals surface area contributed by atoms with E-state index in [1.807, 2.05) is 0 Å². The fourth-order valence-corrected chi connectivity index (χ4v) is 3.77. The quantitative estimate of drug-likeness (QED) is 0.295.